The summed E-state index contributed by atoms with van der Waals surface area (Å²) in [6.45, 7) is 14.8. The molecule has 0 aliphatic carbocycles. The average Bonchev–Trinajstić information content (AvgIpc) is 1.86. The highest BCUT2D eigenvalue weighted by Gasteiger charge is 2.09. The van der Waals surface area contributed by atoms with Crippen LogP contribution in [0.2, 0.25) is 26.2 Å². The maximum atomic E-state index is 7.71. The van der Waals surface area contributed by atoms with Crippen LogP contribution in [0.5, 0.6) is 0 Å². The summed E-state index contributed by atoms with van der Waals surface area (Å²) in [5.74, 6) is 0.833. The van der Waals surface area contributed by atoms with E-state index in [-0.39, 0.29) is 0 Å². The summed E-state index contributed by atoms with van der Waals surface area (Å²) in [5.41, 5.74) is 0. The van der Waals surface area contributed by atoms with Crippen LogP contribution in [0.4, 0.5) is 0 Å². The van der Waals surface area contributed by atoms with Gasteiger partial charge in [0.2, 0.25) is 0 Å². The predicted molar refractivity (Wildman–Crippen MR) is 67.5 cm³/mol. The lowest BCUT2D eigenvalue weighted by Gasteiger charge is -2.10. The molecule has 0 amide bonds. The van der Waals surface area contributed by atoms with Gasteiger partial charge in [0.25, 0.3) is 0 Å². The van der Waals surface area contributed by atoms with Gasteiger partial charge in [0.05, 0.1) is 0 Å². The molecule has 0 heterocycles. The third kappa shape index (κ3) is 118. The Labute approximate surface area is 87.8 Å². The van der Waals surface area contributed by atoms with E-state index in [0.29, 0.717) is 0 Å². The Morgan fingerprint density at radius 1 is 1.15 bits per heavy atom. The van der Waals surface area contributed by atoms with Crippen molar-refractivity contribution in [3.63, 3.8) is 0 Å². The van der Waals surface area contributed by atoms with Gasteiger partial charge in [0.1, 0.15) is 0 Å². The van der Waals surface area contributed by atoms with E-state index >= 15 is 0 Å². The van der Waals surface area contributed by atoms with E-state index in [1.807, 2.05) is 6.55 Å². The van der Waals surface area contributed by atoms with Crippen LogP contribution >= 0.6 is 0 Å². The molecule has 0 fully saturated rings. The first-order valence-electron chi connectivity index (χ1n) is 4.87. The molecule has 0 saturated heterocycles. The van der Waals surface area contributed by atoms with Crippen LogP contribution in [0.25, 0.3) is 0 Å². The Bertz CT molecular complexity index is 77.4. The SMILES string of the molecule is CC(C)C.CO[Si](C)(C)C.C[SiH2]O. The fraction of sp³-hybridized carbons (Fsp3) is 1.00. The summed E-state index contributed by atoms with van der Waals surface area (Å²) in [6.07, 6.45) is 0. The van der Waals surface area contributed by atoms with E-state index in [0.717, 1.165) is 5.92 Å². The van der Waals surface area contributed by atoms with Crippen molar-refractivity contribution in [2.24, 2.45) is 5.92 Å². The second kappa shape index (κ2) is 12.4. The second-order valence-corrected chi connectivity index (χ2v) is 9.63. The van der Waals surface area contributed by atoms with Gasteiger partial charge in [-0.25, -0.2) is 0 Å². The molecule has 0 unspecified atom stereocenters. The van der Waals surface area contributed by atoms with Gasteiger partial charge in [-0.05, 0) is 25.6 Å². The fourth-order valence-electron chi connectivity index (χ4n) is 0. The highest BCUT2D eigenvalue weighted by molar-refractivity contribution is 6.69. The van der Waals surface area contributed by atoms with Gasteiger partial charge >= 0.3 is 0 Å². The van der Waals surface area contributed by atoms with Gasteiger partial charge in [-0.1, -0.05) is 27.3 Å². The Balaban J connectivity index is -0.000000125. The van der Waals surface area contributed by atoms with Gasteiger partial charge in [-0.2, -0.15) is 0 Å². The molecule has 0 rings (SSSR count). The summed E-state index contributed by atoms with van der Waals surface area (Å²) in [5, 5.41) is 0. The molecule has 2 nitrogen and oxygen atoms in total. The van der Waals surface area contributed by atoms with Crippen LogP contribution in [-0.2, 0) is 4.43 Å². The lowest BCUT2D eigenvalue weighted by atomic mass is 10.3. The first-order chi connectivity index (χ1) is 5.71. The van der Waals surface area contributed by atoms with Gasteiger partial charge in [0.15, 0.2) is 18.1 Å². The average molecular weight is 224 g/mol. The molecule has 0 aromatic heterocycles. The van der Waals surface area contributed by atoms with Crippen LogP contribution in [0.15, 0.2) is 0 Å². The minimum atomic E-state index is -1.13. The Kier molecular flexibility index (Phi) is 18.1. The van der Waals surface area contributed by atoms with Crippen molar-refractivity contribution in [2.75, 3.05) is 7.11 Å². The smallest absolute Gasteiger partial charge is 0.183 e. The van der Waals surface area contributed by atoms with Crippen LogP contribution in [0.3, 0.4) is 0 Å². The molecule has 0 aromatic carbocycles. The molecule has 1 N–H and O–H groups in total. The Morgan fingerprint density at radius 2 is 1.23 bits per heavy atom. The van der Waals surface area contributed by atoms with Crippen LogP contribution < -0.4 is 0 Å². The van der Waals surface area contributed by atoms with Crippen molar-refractivity contribution in [2.45, 2.75) is 47.0 Å². The molecular weight excluding hydrogens is 196 g/mol. The van der Waals surface area contributed by atoms with E-state index in [2.05, 4.69) is 40.4 Å². The highest BCUT2D eigenvalue weighted by atomic mass is 28.4. The molecule has 13 heavy (non-hydrogen) atoms. The minimum absolute atomic E-state index is 0.583. The zero-order valence-corrected chi connectivity index (χ0v) is 13.1. The van der Waals surface area contributed by atoms with E-state index in [1.54, 1.807) is 7.11 Å². The zero-order valence-electron chi connectivity index (χ0n) is 10.6. The molecule has 0 saturated carbocycles. The lowest BCUT2D eigenvalue weighted by molar-refractivity contribution is 0.411. The molecule has 84 valence electrons. The first-order valence-corrected chi connectivity index (χ1v) is 10.3. The summed E-state index contributed by atoms with van der Waals surface area (Å²) in [6, 6.07) is 0. The summed E-state index contributed by atoms with van der Waals surface area (Å²) in [7, 11) is 0.0556. The maximum Gasteiger partial charge on any atom is 0.183 e. The Hall–Kier alpha value is 0.354. The molecule has 0 radical (unpaired) electrons. The van der Waals surface area contributed by atoms with Gasteiger partial charge in [-0.15, -0.1) is 0 Å². The van der Waals surface area contributed by atoms with Crippen molar-refractivity contribution in [3.05, 3.63) is 0 Å². The largest absolute Gasteiger partial charge is 0.438 e. The normalized spacial score (nSPS) is 10.6. The summed E-state index contributed by atoms with van der Waals surface area (Å²) < 4.78 is 5.08. The van der Waals surface area contributed by atoms with E-state index in [4.69, 9.17) is 9.22 Å². The highest BCUT2D eigenvalue weighted by Crippen LogP contribution is 1.97. The summed E-state index contributed by atoms with van der Waals surface area (Å²) >= 11 is 0. The summed E-state index contributed by atoms with van der Waals surface area (Å²) in [4.78, 5) is 7.71. The fourth-order valence-corrected chi connectivity index (χ4v) is 0. The van der Waals surface area contributed by atoms with Crippen LogP contribution in [0, 0.1) is 5.92 Å². The Morgan fingerprint density at radius 3 is 1.23 bits per heavy atom. The van der Waals surface area contributed by atoms with Crippen molar-refractivity contribution >= 4 is 18.1 Å². The molecule has 0 aliphatic rings. The third-order valence-corrected chi connectivity index (χ3v) is 1.84. The molecule has 0 aromatic rings. The molecule has 0 bridgehead atoms. The van der Waals surface area contributed by atoms with Crippen molar-refractivity contribution in [1.82, 2.24) is 0 Å². The number of hydrogen-bond acceptors (Lipinski definition) is 2. The quantitative estimate of drug-likeness (QED) is 0.692. The second-order valence-electron chi connectivity index (χ2n) is 4.36. The lowest BCUT2D eigenvalue weighted by Crippen LogP contribution is -2.22. The minimum Gasteiger partial charge on any atom is -0.438 e. The zero-order chi connectivity index (χ0) is 11.5. The molecule has 0 aliphatic heterocycles. The molecule has 4 heteroatoms. The van der Waals surface area contributed by atoms with Crippen molar-refractivity contribution in [3.8, 4) is 0 Å². The van der Waals surface area contributed by atoms with Gasteiger partial charge < -0.3 is 9.22 Å². The predicted octanol–water partition coefficient (Wildman–Crippen LogP) is 2.24. The van der Waals surface area contributed by atoms with E-state index in [1.165, 1.54) is 0 Å². The molecular formula is C9H28O2Si2. The number of rotatable bonds is 1. The first kappa shape index (κ1) is 19.0. The molecule has 0 spiro atoms. The van der Waals surface area contributed by atoms with Gasteiger partial charge in [-0.3, -0.25) is 0 Å². The van der Waals surface area contributed by atoms with Crippen LogP contribution in [0.1, 0.15) is 20.8 Å². The topological polar surface area (TPSA) is 29.5 Å². The molecule has 0 atom stereocenters. The number of hydrogen-bond donors (Lipinski definition) is 1. The third-order valence-electron chi connectivity index (χ3n) is 0.612. The van der Waals surface area contributed by atoms with Crippen molar-refractivity contribution in [1.29, 1.82) is 0 Å². The monoisotopic (exact) mass is 224 g/mol. The standard InChI is InChI=1S/C4H12OSi.C4H10.CH6OSi/c1-5-6(2,3)4;1-4(2)3;1-3-2/h1-4H3;4H,1-3H3;2H,3H2,1H3. The van der Waals surface area contributed by atoms with Crippen LogP contribution in [-0.4, -0.2) is 30.0 Å². The maximum absolute atomic E-state index is 7.71. The van der Waals surface area contributed by atoms with Gasteiger partial charge in [0, 0.05) is 7.11 Å². The van der Waals surface area contributed by atoms with E-state index < -0.39 is 18.1 Å². The van der Waals surface area contributed by atoms with Crippen molar-refractivity contribution < 1.29 is 9.22 Å². The van der Waals surface area contributed by atoms with E-state index in [9.17, 15) is 0 Å².